The van der Waals surface area contributed by atoms with Crippen molar-refractivity contribution >= 4 is 15.8 Å². The summed E-state index contributed by atoms with van der Waals surface area (Å²) in [6.07, 6.45) is 1.42. The molecule has 2 heterocycles. The highest BCUT2D eigenvalue weighted by molar-refractivity contribution is 7.89. The third-order valence-electron chi connectivity index (χ3n) is 4.61. The minimum absolute atomic E-state index is 0.0732. The van der Waals surface area contributed by atoms with E-state index < -0.39 is 10.0 Å². The first-order chi connectivity index (χ1) is 12.4. The van der Waals surface area contributed by atoms with Crippen molar-refractivity contribution in [3.8, 4) is 0 Å². The van der Waals surface area contributed by atoms with Crippen molar-refractivity contribution in [2.24, 2.45) is 0 Å². The fourth-order valence-corrected chi connectivity index (χ4v) is 4.43. The van der Waals surface area contributed by atoms with Gasteiger partial charge in [-0.1, -0.05) is 23.8 Å². The molecule has 2 aromatic rings. The highest BCUT2D eigenvalue weighted by Gasteiger charge is 2.26. The first kappa shape index (κ1) is 18.8. The Bertz CT molecular complexity index is 860. The zero-order valence-electron chi connectivity index (χ0n) is 15.4. The molecule has 0 amide bonds. The van der Waals surface area contributed by atoms with Crippen LogP contribution < -0.4 is 5.32 Å². The van der Waals surface area contributed by atoms with Crippen LogP contribution in [0.1, 0.15) is 29.7 Å². The Morgan fingerprint density at radius 1 is 1.15 bits per heavy atom. The van der Waals surface area contributed by atoms with Gasteiger partial charge < -0.3 is 10.1 Å². The molecule has 0 spiro atoms. The number of nitrogens with zero attached hydrogens (tertiary/aromatic N) is 2. The smallest absolute Gasteiger partial charge is 0.244 e. The van der Waals surface area contributed by atoms with Crippen LogP contribution in [0.25, 0.3) is 0 Å². The maximum atomic E-state index is 12.6. The summed E-state index contributed by atoms with van der Waals surface area (Å²) in [4.78, 5) is 4.52. The number of sulfonamides is 1. The van der Waals surface area contributed by atoms with Gasteiger partial charge in [-0.05, 0) is 44.0 Å². The van der Waals surface area contributed by atoms with Crippen LogP contribution in [0.15, 0.2) is 41.4 Å². The topological polar surface area (TPSA) is 71.5 Å². The lowest BCUT2D eigenvalue weighted by molar-refractivity contribution is 0.0730. The second-order valence-corrected chi connectivity index (χ2v) is 8.56. The number of pyridine rings is 1. The second-order valence-electron chi connectivity index (χ2n) is 6.62. The van der Waals surface area contributed by atoms with E-state index in [0.29, 0.717) is 32.1 Å². The summed E-state index contributed by atoms with van der Waals surface area (Å²) in [7, 11) is -3.51. The molecule has 0 aliphatic carbocycles. The third-order valence-corrected chi connectivity index (χ3v) is 6.49. The van der Waals surface area contributed by atoms with Crippen LogP contribution in [-0.2, 0) is 14.8 Å². The Morgan fingerprint density at radius 3 is 2.54 bits per heavy atom. The van der Waals surface area contributed by atoms with Gasteiger partial charge in [-0.25, -0.2) is 13.4 Å². The van der Waals surface area contributed by atoms with Gasteiger partial charge in [0.25, 0.3) is 0 Å². The van der Waals surface area contributed by atoms with Crippen molar-refractivity contribution in [3.05, 3.63) is 53.2 Å². The molecule has 1 N–H and O–H groups in total. The van der Waals surface area contributed by atoms with Gasteiger partial charge in [-0.3, -0.25) is 0 Å². The zero-order valence-corrected chi connectivity index (χ0v) is 16.2. The molecule has 3 rings (SSSR count). The summed E-state index contributed by atoms with van der Waals surface area (Å²) in [6, 6.07) is 9.75. The van der Waals surface area contributed by atoms with Crippen molar-refractivity contribution in [2.75, 3.05) is 31.6 Å². The molecule has 1 atom stereocenters. The molecular weight excluding hydrogens is 350 g/mol. The third kappa shape index (κ3) is 4.06. The van der Waals surface area contributed by atoms with Crippen molar-refractivity contribution in [1.29, 1.82) is 0 Å². The Kier molecular flexibility index (Phi) is 5.60. The van der Waals surface area contributed by atoms with E-state index in [1.807, 2.05) is 0 Å². The van der Waals surface area contributed by atoms with Crippen molar-refractivity contribution in [2.45, 2.75) is 31.7 Å². The van der Waals surface area contributed by atoms with E-state index in [9.17, 15) is 8.42 Å². The number of ether oxygens (including phenoxy) is 1. The van der Waals surface area contributed by atoms with Gasteiger partial charge >= 0.3 is 0 Å². The maximum absolute atomic E-state index is 12.6. The van der Waals surface area contributed by atoms with Crippen LogP contribution in [0, 0.1) is 13.8 Å². The Balaban J connectivity index is 1.74. The molecule has 1 aliphatic rings. The largest absolute Gasteiger partial charge is 0.379 e. The van der Waals surface area contributed by atoms with Gasteiger partial charge in [0.05, 0.1) is 19.3 Å². The monoisotopic (exact) mass is 375 g/mol. The number of benzene rings is 1. The van der Waals surface area contributed by atoms with E-state index in [2.05, 4.69) is 49.3 Å². The van der Waals surface area contributed by atoms with Gasteiger partial charge in [-0.15, -0.1) is 0 Å². The summed E-state index contributed by atoms with van der Waals surface area (Å²) in [5.41, 5.74) is 3.62. The van der Waals surface area contributed by atoms with Gasteiger partial charge in [0.2, 0.25) is 10.0 Å². The lowest BCUT2D eigenvalue weighted by Crippen LogP contribution is -2.40. The fraction of sp³-hybridized carbons (Fsp3) is 0.421. The van der Waals surface area contributed by atoms with Crippen molar-refractivity contribution in [3.63, 3.8) is 0 Å². The van der Waals surface area contributed by atoms with Crippen LogP contribution in [-0.4, -0.2) is 44.0 Å². The molecule has 1 saturated heterocycles. The molecule has 1 aromatic heterocycles. The molecule has 1 aliphatic heterocycles. The van der Waals surface area contributed by atoms with Crippen molar-refractivity contribution < 1.29 is 13.2 Å². The molecule has 0 bridgehead atoms. The van der Waals surface area contributed by atoms with Crippen LogP contribution in [0.2, 0.25) is 0 Å². The van der Waals surface area contributed by atoms with Crippen LogP contribution in [0.3, 0.4) is 0 Å². The van der Waals surface area contributed by atoms with E-state index in [-0.39, 0.29) is 10.9 Å². The predicted molar refractivity (Wildman–Crippen MR) is 102 cm³/mol. The normalized spacial score (nSPS) is 17.0. The number of rotatable bonds is 5. The molecule has 1 aromatic carbocycles. The average molecular weight is 375 g/mol. The maximum Gasteiger partial charge on any atom is 0.244 e. The molecule has 1 unspecified atom stereocenters. The predicted octanol–water partition coefficient (Wildman–Crippen LogP) is 2.89. The van der Waals surface area contributed by atoms with E-state index in [1.54, 1.807) is 12.1 Å². The van der Waals surface area contributed by atoms with Gasteiger partial charge in [-0.2, -0.15) is 4.31 Å². The molecule has 1 fully saturated rings. The van der Waals surface area contributed by atoms with Gasteiger partial charge in [0, 0.05) is 19.3 Å². The number of aryl methyl sites for hydroxylation is 2. The van der Waals surface area contributed by atoms with Crippen LogP contribution in [0.5, 0.6) is 0 Å². The number of nitrogens with one attached hydrogen (secondary N) is 1. The van der Waals surface area contributed by atoms with Crippen molar-refractivity contribution in [1.82, 2.24) is 9.29 Å². The SMILES string of the molecule is Cc1ccc(C)c(C(C)Nc2ccc(S(=O)(=O)N3CCOCC3)cn2)c1. The minimum Gasteiger partial charge on any atom is -0.379 e. The first-order valence-corrected chi connectivity index (χ1v) is 10.2. The zero-order chi connectivity index (χ0) is 18.7. The lowest BCUT2D eigenvalue weighted by Gasteiger charge is -2.26. The Labute approximate surface area is 155 Å². The summed E-state index contributed by atoms with van der Waals surface area (Å²) in [5.74, 6) is 0.652. The standard InChI is InChI=1S/C19H25N3O3S/c1-14-4-5-15(2)18(12-14)16(3)21-19-7-6-17(13-20-19)26(23,24)22-8-10-25-11-9-22/h4-7,12-13,16H,8-11H2,1-3H3,(H,20,21). The summed E-state index contributed by atoms with van der Waals surface area (Å²) in [5, 5.41) is 3.34. The van der Waals surface area contributed by atoms with Gasteiger partial charge in [0.1, 0.15) is 10.7 Å². The van der Waals surface area contributed by atoms with E-state index in [1.165, 1.54) is 27.2 Å². The summed E-state index contributed by atoms with van der Waals surface area (Å²) >= 11 is 0. The van der Waals surface area contributed by atoms with E-state index in [4.69, 9.17) is 4.74 Å². The summed E-state index contributed by atoms with van der Waals surface area (Å²) < 4.78 is 31.9. The fourth-order valence-electron chi connectivity index (χ4n) is 3.08. The summed E-state index contributed by atoms with van der Waals surface area (Å²) in [6.45, 7) is 7.84. The molecule has 7 heteroatoms. The second kappa shape index (κ2) is 7.73. The molecule has 140 valence electrons. The lowest BCUT2D eigenvalue weighted by atomic mass is 10.00. The highest BCUT2D eigenvalue weighted by atomic mass is 32.2. The number of anilines is 1. The number of hydrogen-bond acceptors (Lipinski definition) is 5. The molecular formula is C19H25N3O3S. The quantitative estimate of drug-likeness (QED) is 0.870. The number of morpholine rings is 1. The average Bonchev–Trinajstić information content (AvgIpc) is 2.65. The van der Waals surface area contributed by atoms with E-state index >= 15 is 0 Å². The number of aromatic nitrogens is 1. The Hall–Kier alpha value is -1.96. The van der Waals surface area contributed by atoms with Crippen LogP contribution >= 0.6 is 0 Å². The van der Waals surface area contributed by atoms with E-state index in [0.717, 1.165) is 0 Å². The highest BCUT2D eigenvalue weighted by Crippen LogP contribution is 2.23. The first-order valence-electron chi connectivity index (χ1n) is 8.75. The van der Waals surface area contributed by atoms with Gasteiger partial charge in [0.15, 0.2) is 0 Å². The Morgan fingerprint density at radius 2 is 1.88 bits per heavy atom. The minimum atomic E-state index is -3.51. The molecule has 26 heavy (non-hydrogen) atoms. The number of hydrogen-bond donors (Lipinski definition) is 1. The molecule has 0 saturated carbocycles. The molecule has 6 nitrogen and oxygen atoms in total. The van der Waals surface area contributed by atoms with Crippen LogP contribution in [0.4, 0.5) is 5.82 Å². The molecule has 0 radical (unpaired) electrons.